The van der Waals surface area contributed by atoms with Gasteiger partial charge in [0.2, 0.25) is 0 Å². The van der Waals surface area contributed by atoms with Crippen LogP contribution in [0.1, 0.15) is 23.4 Å². The summed E-state index contributed by atoms with van der Waals surface area (Å²) in [6, 6.07) is 10.3. The van der Waals surface area contributed by atoms with Gasteiger partial charge in [-0.25, -0.2) is 0 Å². The lowest BCUT2D eigenvalue weighted by molar-refractivity contribution is 0.558. The first-order valence-electron chi connectivity index (χ1n) is 6.03. The molecule has 0 aliphatic heterocycles. The Hall–Kier alpha value is -0.0600. The first-order valence-corrected chi connectivity index (χ1v) is 8.40. The molecule has 0 radical (unpaired) electrons. The van der Waals surface area contributed by atoms with Gasteiger partial charge in [-0.1, -0.05) is 48.3 Å². The van der Waals surface area contributed by atoms with E-state index in [1.807, 2.05) is 18.2 Å². The predicted octanol–water partition coefficient (Wildman–Crippen LogP) is 5.71. The molecule has 1 heterocycles. The Kier molecular flexibility index (Phi) is 5.72. The second kappa shape index (κ2) is 7.09. The Bertz CT molecular complexity index is 537. The summed E-state index contributed by atoms with van der Waals surface area (Å²) < 4.78 is 1.74. The molecule has 1 aromatic heterocycles. The molecule has 1 atom stereocenters. The first-order chi connectivity index (χ1) is 9.11. The predicted molar refractivity (Wildman–Crippen MR) is 88.6 cm³/mol. The van der Waals surface area contributed by atoms with Gasteiger partial charge in [0.1, 0.15) is 4.34 Å². The van der Waals surface area contributed by atoms with Gasteiger partial charge in [-0.15, -0.1) is 11.3 Å². The normalized spacial score (nSPS) is 12.6. The van der Waals surface area contributed by atoms with Crippen LogP contribution < -0.4 is 5.32 Å². The fraction of sp³-hybridized carbons (Fsp3) is 0.286. The fourth-order valence-electron chi connectivity index (χ4n) is 1.94. The molecule has 102 valence electrons. The van der Waals surface area contributed by atoms with Crippen LogP contribution in [0.15, 0.2) is 34.8 Å². The SMILES string of the molecule is CCNC(Cc1ccccc1Cl)c1cc(Br)c(Cl)s1. The summed E-state index contributed by atoms with van der Waals surface area (Å²) in [7, 11) is 0. The number of benzene rings is 1. The molecule has 0 aliphatic carbocycles. The van der Waals surface area contributed by atoms with Crippen molar-refractivity contribution in [2.75, 3.05) is 6.54 Å². The number of halogens is 3. The molecule has 0 bridgehead atoms. The van der Waals surface area contributed by atoms with Gasteiger partial charge in [-0.05, 0) is 46.6 Å². The highest BCUT2D eigenvalue weighted by molar-refractivity contribution is 9.10. The van der Waals surface area contributed by atoms with Crippen LogP contribution in [0, 0.1) is 0 Å². The standard InChI is InChI=1S/C14H14BrCl2NS/c1-2-18-12(13-8-10(15)14(17)19-13)7-9-5-3-4-6-11(9)16/h3-6,8,12,18H,2,7H2,1H3. The molecule has 1 N–H and O–H groups in total. The highest BCUT2D eigenvalue weighted by Gasteiger charge is 2.16. The number of thiophene rings is 1. The largest absolute Gasteiger partial charge is 0.309 e. The summed E-state index contributed by atoms with van der Waals surface area (Å²) in [5.41, 5.74) is 1.15. The van der Waals surface area contributed by atoms with Crippen molar-refractivity contribution in [1.82, 2.24) is 5.32 Å². The smallest absolute Gasteiger partial charge is 0.107 e. The Morgan fingerprint density at radius 1 is 1.32 bits per heavy atom. The first kappa shape index (κ1) is 15.3. The van der Waals surface area contributed by atoms with Crippen LogP contribution in [-0.2, 0) is 6.42 Å². The van der Waals surface area contributed by atoms with Crippen LogP contribution in [0.2, 0.25) is 9.36 Å². The number of hydrogen-bond acceptors (Lipinski definition) is 2. The van der Waals surface area contributed by atoms with Gasteiger partial charge in [-0.3, -0.25) is 0 Å². The van der Waals surface area contributed by atoms with E-state index in [-0.39, 0.29) is 6.04 Å². The Morgan fingerprint density at radius 3 is 2.63 bits per heavy atom. The second-order valence-electron chi connectivity index (χ2n) is 4.18. The van der Waals surface area contributed by atoms with Crippen LogP contribution >= 0.6 is 50.5 Å². The lowest BCUT2D eigenvalue weighted by Crippen LogP contribution is -2.22. The highest BCUT2D eigenvalue weighted by Crippen LogP contribution is 2.36. The zero-order valence-electron chi connectivity index (χ0n) is 10.4. The van der Waals surface area contributed by atoms with E-state index in [9.17, 15) is 0 Å². The summed E-state index contributed by atoms with van der Waals surface area (Å²) in [5, 5.41) is 4.30. The lowest BCUT2D eigenvalue weighted by atomic mass is 10.0. The van der Waals surface area contributed by atoms with E-state index in [2.05, 4.69) is 40.3 Å². The van der Waals surface area contributed by atoms with Gasteiger partial charge < -0.3 is 5.32 Å². The van der Waals surface area contributed by atoms with E-state index in [4.69, 9.17) is 23.2 Å². The molecule has 1 aromatic carbocycles. The van der Waals surface area contributed by atoms with Crippen molar-refractivity contribution in [2.45, 2.75) is 19.4 Å². The van der Waals surface area contributed by atoms with E-state index in [0.717, 1.165) is 32.4 Å². The van der Waals surface area contributed by atoms with Crippen LogP contribution in [0.25, 0.3) is 0 Å². The number of nitrogens with one attached hydrogen (secondary N) is 1. The van der Waals surface area contributed by atoms with Gasteiger partial charge in [0, 0.05) is 20.4 Å². The second-order valence-corrected chi connectivity index (χ2v) is 7.12. The Morgan fingerprint density at radius 2 is 2.05 bits per heavy atom. The van der Waals surface area contributed by atoms with E-state index in [1.54, 1.807) is 11.3 Å². The topological polar surface area (TPSA) is 12.0 Å². The molecule has 0 saturated carbocycles. The maximum absolute atomic E-state index is 6.23. The van der Waals surface area contributed by atoms with Gasteiger partial charge >= 0.3 is 0 Å². The summed E-state index contributed by atoms with van der Waals surface area (Å²) in [6.45, 7) is 3.01. The third-order valence-corrected chi connectivity index (χ3v) is 5.80. The number of likely N-dealkylation sites (N-methyl/N-ethyl adjacent to an activating group) is 1. The maximum Gasteiger partial charge on any atom is 0.107 e. The van der Waals surface area contributed by atoms with E-state index in [1.165, 1.54) is 4.88 Å². The molecule has 19 heavy (non-hydrogen) atoms. The third kappa shape index (κ3) is 3.96. The van der Waals surface area contributed by atoms with Crippen LogP contribution in [0.4, 0.5) is 0 Å². The minimum absolute atomic E-state index is 0.235. The summed E-state index contributed by atoms with van der Waals surface area (Å²) in [4.78, 5) is 1.22. The average Bonchev–Trinajstić information content (AvgIpc) is 2.72. The summed E-state index contributed by atoms with van der Waals surface area (Å²) in [6.07, 6.45) is 0.858. The third-order valence-electron chi connectivity index (χ3n) is 2.84. The molecule has 2 aromatic rings. The van der Waals surface area contributed by atoms with Crippen molar-refractivity contribution in [2.24, 2.45) is 0 Å². The monoisotopic (exact) mass is 377 g/mol. The lowest BCUT2D eigenvalue weighted by Gasteiger charge is -2.17. The molecule has 0 aliphatic rings. The van der Waals surface area contributed by atoms with Gasteiger partial charge in [-0.2, -0.15) is 0 Å². The molecule has 2 rings (SSSR count). The highest BCUT2D eigenvalue weighted by atomic mass is 79.9. The van der Waals surface area contributed by atoms with Gasteiger partial charge in [0.05, 0.1) is 0 Å². The zero-order chi connectivity index (χ0) is 13.8. The molecule has 5 heteroatoms. The molecule has 0 fully saturated rings. The van der Waals surface area contributed by atoms with E-state index in [0.29, 0.717) is 0 Å². The Labute approximate surface area is 136 Å². The summed E-state index contributed by atoms with van der Waals surface area (Å²) >= 11 is 17.4. The fourth-order valence-corrected chi connectivity index (χ4v) is 3.96. The van der Waals surface area contributed by atoms with E-state index >= 15 is 0 Å². The van der Waals surface area contributed by atoms with Gasteiger partial charge in [0.15, 0.2) is 0 Å². The van der Waals surface area contributed by atoms with Crippen LogP contribution in [-0.4, -0.2) is 6.54 Å². The zero-order valence-corrected chi connectivity index (χ0v) is 14.3. The van der Waals surface area contributed by atoms with Gasteiger partial charge in [0.25, 0.3) is 0 Å². The van der Waals surface area contributed by atoms with Crippen molar-refractivity contribution in [3.05, 3.63) is 54.6 Å². The van der Waals surface area contributed by atoms with Crippen molar-refractivity contribution >= 4 is 50.5 Å². The Balaban J connectivity index is 2.23. The van der Waals surface area contributed by atoms with Crippen LogP contribution in [0.5, 0.6) is 0 Å². The number of hydrogen-bond donors (Lipinski definition) is 1. The minimum Gasteiger partial charge on any atom is -0.309 e. The average molecular weight is 379 g/mol. The maximum atomic E-state index is 6.23. The number of rotatable bonds is 5. The summed E-state index contributed by atoms with van der Waals surface area (Å²) in [5.74, 6) is 0. The van der Waals surface area contributed by atoms with E-state index < -0.39 is 0 Å². The molecule has 0 spiro atoms. The van der Waals surface area contributed by atoms with Crippen molar-refractivity contribution in [1.29, 1.82) is 0 Å². The quantitative estimate of drug-likeness (QED) is 0.702. The molecule has 0 saturated heterocycles. The minimum atomic E-state index is 0.235. The molecule has 1 unspecified atom stereocenters. The van der Waals surface area contributed by atoms with Crippen molar-refractivity contribution in [3.8, 4) is 0 Å². The molecular weight excluding hydrogens is 365 g/mol. The molecule has 1 nitrogen and oxygen atoms in total. The molecular formula is C14H14BrCl2NS. The molecule has 0 amide bonds. The van der Waals surface area contributed by atoms with Crippen LogP contribution in [0.3, 0.4) is 0 Å². The van der Waals surface area contributed by atoms with Crippen molar-refractivity contribution < 1.29 is 0 Å². The van der Waals surface area contributed by atoms with Crippen molar-refractivity contribution in [3.63, 3.8) is 0 Å².